The fourth-order valence-corrected chi connectivity index (χ4v) is 4.20. The van der Waals surface area contributed by atoms with Crippen molar-refractivity contribution in [1.82, 2.24) is 0 Å². The fourth-order valence-electron chi connectivity index (χ4n) is 2.42. The molecule has 0 unspecified atom stereocenters. The van der Waals surface area contributed by atoms with E-state index in [0.29, 0.717) is 42.0 Å². The second kappa shape index (κ2) is 7.88. The van der Waals surface area contributed by atoms with Crippen LogP contribution in [0, 0.1) is 0 Å². The Hall–Kier alpha value is -1.73. The summed E-state index contributed by atoms with van der Waals surface area (Å²) >= 11 is 19.0. The Morgan fingerprint density at radius 3 is 2.42 bits per heavy atom. The first-order valence-corrected chi connectivity index (χ1v) is 9.38. The van der Waals surface area contributed by atoms with Gasteiger partial charge in [-0.3, -0.25) is 9.69 Å². The molecule has 0 N–H and O–H groups in total. The van der Waals surface area contributed by atoms with Crippen LogP contribution in [0.1, 0.15) is 5.56 Å². The molecule has 0 aromatic heterocycles. The van der Waals surface area contributed by atoms with Gasteiger partial charge in [0.15, 0.2) is 4.32 Å². The average Bonchev–Trinajstić information content (AvgIpc) is 2.91. The number of hydrogen-bond donors (Lipinski definition) is 0. The minimum Gasteiger partial charge on any atom is -0.497 e. The van der Waals surface area contributed by atoms with Crippen molar-refractivity contribution >= 4 is 69.2 Å². The third-order valence-electron chi connectivity index (χ3n) is 3.70. The molecule has 0 atom stereocenters. The number of carbonyl (C=O) groups excluding carboxylic acids is 1. The molecule has 2 aromatic carbocycles. The van der Waals surface area contributed by atoms with Crippen LogP contribution in [0.3, 0.4) is 0 Å². The second-order valence-corrected chi connectivity index (χ2v) is 7.68. The minimum absolute atomic E-state index is 0.264. The number of anilines is 1. The van der Waals surface area contributed by atoms with Crippen LogP contribution in [0.5, 0.6) is 11.5 Å². The van der Waals surface area contributed by atoms with Crippen LogP contribution >= 0.6 is 47.2 Å². The Morgan fingerprint density at radius 2 is 1.81 bits per heavy atom. The largest absolute Gasteiger partial charge is 0.497 e. The van der Waals surface area contributed by atoms with E-state index in [-0.39, 0.29) is 5.91 Å². The van der Waals surface area contributed by atoms with E-state index in [9.17, 15) is 4.79 Å². The molecule has 1 amide bonds. The number of ether oxygens (including phenoxy) is 2. The monoisotopic (exact) mass is 425 g/mol. The summed E-state index contributed by atoms with van der Waals surface area (Å²) in [6.07, 6.45) is 1.65. The van der Waals surface area contributed by atoms with Crippen LogP contribution in [0.4, 0.5) is 5.69 Å². The zero-order valence-electron chi connectivity index (χ0n) is 13.8. The zero-order valence-corrected chi connectivity index (χ0v) is 16.9. The Kier molecular flexibility index (Phi) is 5.77. The van der Waals surface area contributed by atoms with Crippen molar-refractivity contribution in [2.45, 2.75) is 0 Å². The molecular formula is C18H13Cl2NO3S2. The van der Waals surface area contributed by atoms with Crippen molar-refractivity contribution in [3.05, 3.63) is 56.9 Å². The summed E-state index contributed by atoms with van der Waals surface area (Å²) in [4.78, 5) is 14.8. The summed E-state index contributed by atoms with van der Waals surface area (Å²) in [5.41, 5.74) is 1.13. The summed E-state index contributed by atoms with van der Waals surface area (Å²) in [5, 5.41) is 0.926. The molecule has 8 heteroatoms. The van der Waals surface area contributed by atoms with Gasteiger partial charge < -0.3 is 9.47 Å². The zero-order chi connectivity index (χ0) is 18.8. The smallest absolute Gasteiger partial charge is 0.270 e. The third kappa shape index (κ3) is 3.55. The van der Waals surface area contributed by atoms with Crippen LogP contribution < -0.4 is 14.4 Å². The summed E-state index contributed by atoms with van der Waals surface area (Å²) in [5.74, 6) is 0.839. The van der Waals surface area contributed by atoms with Crippen molar-refractivity contribution < 1.29 is 14.3 Å². The van der Waals surface area contributed by atoms with Gasteiger partial charge in [-0.2, -0.15) is 0 Å². The lowest BCUT2D eigenvalue weighted by atomic mass is 10.2. The molecule has 0 saturated carbocycles. The highest BCUT2D eigenvalue weighted by Gasteiger charge is 2.35. The van der Waals surface area contributed by atoms with Crippen molar-refractivity contribution in [2.24, 2.45) is 0 Å². The lowest BCUT2D eigenvalue weighted by molar-refractivity contribution is -0.113. The summed E-state index contributed by atoms with van der Waals surface area (Å²) in [6.45, 7) is 0. The Balaban J connectivity index is 2.02. The summed E-state index contributed by atoms with van der Waals surface area (Å²) in [7, 11) is 3.08. The molecule has 1 fully saturated rings. The van der Waals surface area contributed by atoms with Crippen LogP contribution in [0.15, 0.2) is 41.3 Å². The van der Waals surface area contributed by atoms with Gasteiger partial charge >= 0.3 is 0 Å². The molecule has 0 bridgehead atoms. The van der Waals surface area contributed by atoms with E-state index in [0.717, 1.165) is 0 Å². The number of benzene rings is 2. The first-order valence-electron chi connectivity index (χ1n) is 7.40. The molecule has 26 heavy (non-hydrogen) atoms. The summed E-state index contributed by atoms with van der Waals surface area (Å²) in [6, 6.07) is 10.3. The lowest BCUT2D eigenvalue weighted by Crippen LogP contribution is -2.27. The molecule has 134 valence electrons. The van der Waals surface area contributed by atoms with Crippen molar-refractivity contribution in [3.63, 3.8) is 0 Å². The number of thiocarbonyl (C=S) groups is 1. The van der Waals surface area contributed by atoms with E-state index in [1.54, 1.807) is 49.6 Å². The number of methoxy groups -OCH3 is 2. The van der Waals surface area contributed by atoms with Crippen molar-refractivity contribution in [3.8, 4) is 11.5 Å². The topological polar surface area (TPSA) is 38.8 Å². The number of thioether (sulfide) groups is 1. The molecule has 0 spiro atoms. The quantitative estimate of drug-likeness (QED) is 0.483. The van der Waals surface area contributed by atoms with Crippen LogP contribution in [-0.4, -0.2) is 24.4 Å². The molecule has 1 heterocycles. The van der Waals surface area contributed by atoms with E-state index < -0.39 is 0 Å². The maximum Gasteiger partial charge on any atom is 0.270 e. The molecule has 0 radical (unpaired) electrons. The SMILES string of the molecule is COc1ccc(N2C(=O)C(=Cc3c(Cl)cccc3Cl)SC2=S)c(OC)c1. The third-order valence-corrected chi connectivity index (χ3v) is 5.66. The van der Waals surface area contributed by atoms with Crippen molar-refractivity contribution in [2.75, 3.05) is 19.1 Å². The van der Waals surface area contributed by atoms with Crippen LogP contribution in [-0.2, 0) is 4.79 Å². The van der Waals surface area contributed by atoms with Gasteiger partial charge in [0, 0.05) is 21.7 Å². The molecule has 1 aliphatic heterocycles. The number of halogens is 2. The molecule has 1 aliphatic rings. The first-order chi connectivity index (χ1) is 12.5. The Labute approximate surface area is 170 Å². The molecule has 2 aromatic rings. The maximum absolute atomic E-state index is 12.9. The van der Waals surface area contributed by atoms with Crippen molar-refractivity contribution in [1.29, 1.82) is 0 Å². The number of carbonyl (C=O) groups is 1. The second-order valence-electron chi connectivity index (χ2n) is 5.19. The molecule has 1 saturated heterocycles. The lowest BCUT2D eigenvalue weighted by Gasteiger charge is -2.18. The highest BCUT2D eigenvalue weighted by atomic mass is 35.5. The highest BCUT2D eigenvalue weighted by molar-refractivity contribution is 8.27. The maximum atomic E-state index is 12.9. The van der Waals surface area contributed by atoms with Gasteiger partial charge in [-0.1, -0.05) is 53.2 Å². The Morgan fingerprint density at radius 1 is 1.12 bits per heavy atom. The van der Waals surface area contributed by atoms with Gasteiger partial charge in [0.05, 0.1) is 24.8 Å². The van der Waals surface area contributed by atoms with E-state index in [1.165, 1.54) is 23.8 Å². The number of amides is 1. The highest BCUT2D eigenvalue weighted by Crippen LogP contribution is 2.42. The molecule has 0 aliphatic carbocycles. The minimum atomic E-state index is -0.264. The van der Waals surface area contributed by atoms with Gasteiger partial charge in [0.2, 0.25) is 0 Å². The number of nitrogens with zero attached hydrogens (tertiary/aromatic N) is 1. The van der Waals surface area contributed by atoms with E-state index in [2.05, 4.69) is 0 Å². The van der Waals surface area contributed by atoms with Gasteiger partial charge in [0.1, 0.15) is 11.5 Å². The first kappa shape index (κ1) is 19.0. The van der Waals surface area contributed by atoms with Gasteiger partial charge in [-0.15, -0.1) is 0 Å². The van der Waals surface area contributed by atoms with E-state index in [4.69, 9.17) is 44.9 Å². The van der Waals surface area contributed by atoms with E-state index >= 15 is 0 Å². The van der Waals surface area contributed by atoms with Gasteiger partial charge in [-0.05, 0) is 30.3 Å². The van der Waals surface area contributed by atoms with Crippen LogP contribution in [0.25, 0.3) is 6.08 Å². The number of hydrogen-bond acceptors (Lipinski definition) is 5. The number of rotatable bonds is 4. The molecular weight excluding hydrogens is 413 g/mol. The molecule has 3 rings (SSSR count). The standard InChI is InChI=1S/C18H13Cl2NO3S2/c1-23-10-6-7-14(15(8-10)24-2)21-17(22)16(26-18(21)25)9-11-12(19)4-3-5-13(11)20/h3-9H,1-2H3. The van der Waals surface area contributed by atoms with Gasteiger partial charge in [0.25, 0.3) is 5.91 Å². The van der Waals surface area contributed by atoms with Gasteiger partial charge in [-0.25, -0.2) is 0 Å². The average molecular weight is 426 g/mol. The predicted molar refractivity (Wildman–Crippen MR) is 112 cm³/mol. The van der Waals surface area contributed by atoms with E-state index in [1.807, 2.05) is 0 Å². The predicted octanol–water partition coefficient (Wildman–Crippen LogP) is 5.42. The normalized spacial score (nSPS) is 15.7. The fraction of sp³-hybridized carbons (Fsp3) is 0.111. The molecule has 4 nitrogen and oxygen atoms in total. The van der Waals surface area contributed by atoms with Crippen LogP contribution in [0.2, 0.25) is 10.0 Å². The Bertz CT molecular complexity index is 910. The summed E-state index contributed by atoms with van der Waals surface area (Å²) < 4.78 is 11.0.